The summed E-state index contributed by atoms with van der Waals surface area (Å²) in [5.74, 6) is 0.774. The summed E-state index contributed by atoms with van der Waals surface area (Å²) in [5.41, 5.74) is 3.00. The summed E-state index contributed by atoms with van der Waals surface area (Å²) in [7, 11) is 0. The molecule has 0 atom stereocenters. The van der Waals surface area contributed by atoms with Gasteiger partial charge in [0.2, 0.25) is 0 Å². The molecule has 0 spiro atoms. The average molecular weight is 412 g/mol. The number of pyridine rings is 1. The van der Waals surface area contributed by atoms with Crippen LogP contribution in [0.25, 0.3) is 0 Å². The molecule has 2 aromatic carbocycles. The molecule has 1 N–H and O–H groups in total. The minimum absolute atomic E-state index is 0.591. The Morgan fingerprint density at radius 1 is 1.07 bits per heavy atom. The van der Waals surface area contributed by atoms with E-state index in [-0.39, 0.29) is 0 Å². The molecule has 0 fully saturated rings. The first-order chi connectivity index (χ1) is 13.7. The van der Waals surface area contributed by atoms with Crippen molar-refractivity contribution in [2.24, 2.45) is 0 Å². The van der Waals surface area contributed by atoms with E-state index in [1.54, 1.807) is 6.20 Å². The van der Waals surface area contributed by atoms with Gasteiger partial charge in [-0.15, -0.1) is 0 Å². The molecule has 0 aliphatic carbocycles. The van der Waals surface area contributed by atoms with Gasteiger partial charge < -0.3 is 15.0 Å². The smallest absolute Gasteiger partial charge is 0.174 e. The van der Waals surface area contributed by atoms with E-state index < -0.39 is 0 Å². The normalized spacial score (nSPS) is 10.4. The van der Waals surface area contributed by atoms with Gasteiger partial charge >= 0.3 is 0 Å². The lowest BCUT2D eigenvalue weighted by Crippen LogP contribution is -2.34. The number of halogens is 1. The highest BCUT2D eigenvalue weighted by Crippen LogP contribution is 2.25. The number of hydrogen-bond donors (Lipinski definition) is 1. The second kappa shape index (κ2) is 10.1. The van der Waals surface area contributed by atoms with Gasteiger partial charge in [0.15, 0.2) is 5.11 Å². The molecular formula is C22H22ClN3OS. The molecule has 0 aliphatic rings. The van der Waals surface area contributed by atoms with Gasteiger partial charge in [0.25, 0.3) is 0 Å². The van der Waals surface area contributed by atoms with Crippen molar-refractivity contribution in [1.82, 2.24) is 9.88 Å². The van der Waals surface area contributed by atoms with Crippen molar-refractivity contribution in [3.05, 3.63) is 89.2 Å². The quantitative estimate of drug-likeness (QED) is 0.517. The van der Waals surface area contributed by atoms with E-state index in [9.17, 15) is 0 Å². The lowest BCUT2D eigenvalue weighted by atomic mass is 10.2. The molecular weight excluding hydrogens is 390 g/mol. The standard InChI is InChI=1S/C22H22ClN3OS/c1-2-27-21-11-4-3-10-20(21)25-22(28)26(16-18-8-6-12-24-14-18)15-17-7-5-9-19(23)13-17/h3-14H,2,15-16H2,1H3,(H,25,28). The van der Waals surface area contributed by atoms with Crippen molar-refractivity contribution >= 4 is 34.6 Å². The average Bonchev–Trinajstić information content (AvgIpc) is 2.70. The minimum atomic E-state index is 0.591. The van der Waals surface area contributed by atoms with E-state index in [2.05, 4.69) is 15.2 Å². The number of nitrogens with zero attached hydrogens (tertiary/aromatic N) is 2. The maximum absolute atomic E-state index is 6.16. The zero-order valence-corrected chi connectivity index (χ0v) is 17.2. The number of para-hydroxylation sites is 2. The zero-order valence-electron chi connectivity index (χ0n) is 15.6. The van der Waals surface area contributed by atoms with Gasteiger partial charge in [0.1, 0.15) is 5.75 Å². The maximum Gasteiger partial charge on any atom is 0.174 e. The third-order valence-corrected chi connectivity index (χ3v) is 4.67. The lowest BCUT2D eigenvalue weighted by Gasteiger charge is -2.27. The third kappa shape index (κ3) is 5.68. The van der Waals surface area contributed by atoms with Crippen molar-refractivity contribution in [2.75, 3.05) is 11.9 Å². The number of ether oxygens (including phenoxy) is 1. The van der Waals surface area contributed by atoms with Gasteiger partial charge in [-0.3, -0.25) is 4.98 Å². The summed E-state index contributed by atoms with van der Waals surface area (Å²) in [6, 6.07) is 19.5. The second-order valence-electron chi connectivity index (χ2n) is 6.21. The number of aromatic nitrogens is 1. The highest BCUT2D eigenvalue weighted by Gasteiger charge is 2.14. The van der Waals surface area contributed by atoms with Crippen LogP contribution < -0.4 is 10.1 Å². The van der Waals surface area contributed by atoms with Gasteiger partial charge in [-0.25, -0.2) is 0 Å². The fraction of sp³-hybridized carbons (Fsp3) is 0.182. The lowest BCUT2D eigenvalue weighted by molar-refractivity contribution is 0.342. The molecule has 28 heavy (non-hydrogen) atoms. The molecule has 1 aromatic heterocycles. The molecule has 0 amide bonds. The van der Waals surface area contributed by atoms with Crippen LogP contribution in [0.2, 0.25) is 5.02 Å². The van der Waals surface area contributed by atoms with Gasteiger partial charge in [0, 0.05) is 30.5 Å². The molecule has 1 heterocycles. The van der Waals surface area contributed by atoms with Gasteiger partial charge in [-0.2, -0.15) is 0 Å². The number of rotatable bonds is 7. The highest BCUT2D eigenvalue weighted by atomic mass is 35.5. The topological polar surface area (TPSA) is 37.4 Å². The number of benzene rings is 2. The summed E-state index contributed by atoms with van der Waals surface area (Å²) in [6.45, 7) is 3.80. The molecule has 0 radical (unpaired) electrons. The minimum Gasteiger partial charge on any atom is -0.492 e. The molecule has 6 heteroatoms. The van der Waals surface area contributed by atoms with Crippen LogP contribution >= 0.6 is 23.8 Å². The first-order valence-corrected chi connectivity index (χ1v) is 9.85. The Morgan fingerprint density at radius 3 is 2.61 bits per heavy atom. The van der Waals surface area contributed by atoms with Crippen molar-refractivity contribution in [3.8, 4) is 5.75 Å². The molecule has 144 valence electrons. The summed E-state index contributed by atoms with van der Waals surface area (Å²) in [4.78, 5) is 6.29. The fourth-order valence-electron chi connectivity index (χ4n) is 2.81. The zero-order chi connectivity index (χ0) is 19.8. The Kier molecular flexibility index (Phi) is 7.23. The Balaban J connectivity index is 1.82. The molecule has 3 rings (SSSR count). The molecule has 0 aliphatic heterocycles. The van der Waals surface area contributed by atoms with E-state index in [1.807, 2.05) is 73.8 Å². The molecule has 4 nitrogen and oxygen atoms in total. The first-order valence-electron chi connectivity index (χ1n) is 9.07. The summed E-state index contributed by atoms with van der Waals surface area (Å²) >= 11 is 11.9. The summed E-state index contributed by atoms with van der Waals surface area (Å²) < 4.78 is 5.70. The van der Waals surface area contributed by atoms with Crippen LogP contribution in [0.3, 0.4) is 0 Å². The van der Waals surface area contributed by atoms with Crippen molar-refractivity contribution in [1.29, 1.82) is 0 Å². The van der Waals surface area contributed by atoms with Crippen molar-refractivity contribution in [2.45, 2.75) is 20.0 Å². The van der Waals surface area contributed by atoms with Crippen LogP contribution in [0.4, 0.5) is 5.69 Å². The maximum atomic E-state index is 6.16. The van der Waals surface area contributed by atoms with E-state index in [0.717, 1.165) is 22.6 Å². The SMILES string of the molecule is CCOc1ccccc1NC(=S)N(Cc1cccnc1)Cc1cccc(Cl)c1. The van der Waals surface area contributed by atoms with E-state index in [4.69, 9.17) is 28.6 Å². The molecule has 0 unspecified atom stereocenters. The van der Waals surface area contributed by atoms with Crippen LogP contribution in [0.5, 0.6) is 5.75 Å². The number of anilines is 1. The van der Waals surface area contributed by atoms with E-state index in [0.29, 0.717) is 29.8 Å². The Morgan fingerprint density at radius 2 is 1.86 bits per heavy atom. The largest absolute Gasteiger partial charge is 0.492 e. The van der Waals surface area contributed by atoms with Crippen LogP contribution in [-0.4, -0.2) is 21.6 Å². The van der Waals surface area contributed by atoms with Crippen molar-refractivity contribution in [3.63, 3.8) is 0 Å². The highest BCUT2D eigenvalue weighted by molar-refractivity contribution is 7.80. The van der Waals surface area contributed by atoms with Crippen LogP contribution in [0.15, 0.2) is 73.1 Å². The van der Waals surface area contributed by atoms with Crippen LogP contribution in [0.1, 0.15) is 18.1 Å². The van der Waals surface area contributed by atoms with Gasteiger partial charge in [-0.1, -0.05) is 41.9 Å². The van der Waals surface area contributed by atoms with Gasteiger partial charge in [-0.05, 0) is 60.6 Å². The molecule has 0 bridgehead atoms. The number of nitrogens with one attached hydrogen (secondary N) is 1. The van der Waals surface area contributed by atoms with E-state index >= 15 is 0 Å². The first kappa shape index (κ1) is 20.1. The summed E-state index contributed by atoms with van der Waals surface area (Å²) in [6.07, 6.45) is 3.61. The molecule has 0 saturated heterocycles. The predicted molar refractivity (Wildman–Crippen MR) is 119 cm³/mol. The Hall–Kier alpha value is -2.63. The third-order valence-electron chi connectivity index (χ3n) is 4.07. The van der Waals surface area contributed by atoms with Crippen molar-refractivity contribution < 1.29 is 4.74 Å². The predicted octanol–water partition coefficient (Wildman–Crippen LogP) is 5.53. The van der Waals surface area contributed by atoms with Crippen LogP contribution in [0, 0.1) is 0 Å². The Labute approximate surface area is 176 Å². The number of thiocarbonyl (C=S) groups is 1. The Bertz CT molecular complexity index is 920. The summed E-state index contributed by atoms with van der Waals surface area (Å²) in [5, 5.41) is 4.64. The number of hydrogen-bond acceptors (Lipinski definition) is 3. The van der Waals surface area contributed by atoms with Gasteiger partial charge in [0.05, 0.1) is 12.3 Å². The van der Waals surface area contributed by atoms with E-state index in [1.165, 1.54) is 0 Å². The van der Waals surface area contributed by atoms with Crippen LogP contribution in [-0.2, 0) is 13.1 Å². The second-order valence-corrected chi connectivity index (χ2v) is 7.03. The monoisotopic (exact) mass is 411 g/mol. The fourth-order valence-corrected chi connectivity index (χ4v) is 3.26. The molecule has 0 saturated carbocycles. The molecule has 3 aromatic rings.